The van der Waals surface area contributed by atoms with Crippen molar-refractivity contribution in [3.05, 3.63) is 16.3 Å². The topological polar surface area (TPSA) is 92.7 Å². The molecule has 0 spiro atoms. The molecule has 0 fully saturated rings. The molecule has 0 unspecified atom stereocenters. The van der Waals surface area contributed by atoms with Crippen LogP contribution in [0.5, 0.6) is 0 Å². The highest BCUT2D eigenvalue weighted by Gasteiger charge is 2.17. The molecule has 19 heavy (non-hydrogen) atoms. The normalized spacial score (nSPS) is 11.6. The Balaban J connectivity index is 2.44. The molecular weight excluding hydrogens is 290 g/mol. The third-order valence-electron chi connectivity index (χ3n) is 2.20. The third kappa shape index (κ3) is 5.27. The highest BCUT2D eigenvalue weighted by Crippen LogP contribution is 2.18. The van der Waals surface area contributed by atoms with Crippen LogP contribution in [-0.4, -0.2) is 39.3 Å². The molecule has 1 aromatic rings. The summed E-state index contributed by atoms with van der Waals surface area (Å²) in [6.45, 7) is 3.43. The summed E-state index contributed by atoms with van der Waals surface area (Å²) in [5, 5.41) is 10.1. The first-order valence-electron chi connectivity index (χ1n) is 5.86. The Morgan fingerprint density at radius 3 is 2.79 bits per heavy atom. The summed E-state index contributed by atoms with van der Waals surface area (Å²) >= 11 is 0.891. The number of ether oxygens (including phenoxy) is 1. The number of carboxylic acids is 1. The Morgan fingerprint density at radius 1 is 1.47 bits per heavy atom. The molecule has 0 saturated carbocycles. The van der Waals surface area contributed by atoms with Crippen LogP contribution in [-0.2, 0) is 14.8 Å². The zero-order chi connectivity index (χ0) is 14.3. The fourth-order valence-electron chi connectivity index (χ4n) is 1.28. The van der Waals surface area contributed by atoms with E-state index in [0.717, 1.165) is 23.8 Å². The Morgan fingerprint density at radius 2 is 2.21 bits per heavy atom. The fourth-order valence-corrected chi connectivity index (χ4v) is 3.47. The molecule has 0 aliphatic rings. The summed E-state index contributed by atoms with van der Waals surface area (Å²) in [5.41, 5.74) is 0. The summed E-state index contributed by atoms with van der Waals surface area (Å²) in [7, 11) is -3.62. The summed E-state index contributed by atoms with van der Waals surface area (Å²) in [6.07, 6.45) is 1.51. The standard InChI is InChI=1S/C11H17NO5S2/c1-2-5-17-6-3-4-12-19(15,16)9-7-10(11(13)14)18-8-9/h7-8,12H,2-6H2,1H3,(H,13,14). The van der Waals surface area contributed by atoms with E-state index in [1.807, 2.05) is 6.92 Å². The lowest BCUT2D eigenvalue weighted by Gasteiger charge is -2.05. The van der Waals surface area contributed by atoms with Crippen molar-refractivity contribution >= 4 is 27.3 Å². The van der Waals surface area contributed by atoms with Crippen molar-refractivity contribution in [3.8, 4) is 0 Å². The number of carbonyl (C=O) groups is 1. The number of rotatable bonds is 9. The van der Waals surface area contributed by atoms with Gasteiger partial charge in [-0.15, -0.1) is 11.3 Å². The lowest BCUT2D eigenvalue weighted by atomic mass is 10.4. The minimum Gasteiger partial charge on any atom is -0.477 e. The lowest BCUT2D eigenvalue weighted by molar-refractivity contribution is 0.0702. The van der Waals surface area contributed by atoms with Gasteiger partial charge in [-0.1, -0.05) is 6.92 Å². The van der Waals surface area contributed by atoms with Crippen molar-refractivity contribution in [1.29, 1.82) is 0 Å². The molecule has 0 saturated heterocycles. The Hall–Kier alpha value is -0.960. The zero-order valence-corrected chi connectivity index (χ0v) is 12.2. The van der Waals surface area contributed by atoms with Crippen LogP contribution in [0, 0.1) is 0 Å². The number of thiophene rings is 1. The maximum atomic E-state index is 11.8. The van der Waals surface area contributed by atoms with Gasteiger partial charge in [-0.25, -0.2) is 17.9 Å². The number of hydrogen-bond donors (Lipinski definition) is 2. The highest BCUT2D eigenvalue weighted by molar-refractivity contribution is 7.89. The van der Waals surface area contributed by atoms with Gasteiger partial charge < -0.3 is 9.84 Å². The fraction of sp³-hybridized carbons (Fsp3) is 0.545. The van der Waals surface area contributed by atoms with Crippen molar-refractivity contribution in [2.24, 2.45) is 0 Å². The first kappa shape index (κ1) is 16.1. The quantitative estimate of drug-likeness (QED) is 0.675. The van der Waals surface area contributed by atoms with Gasteiger partial charge in [0.15, 0.2) is 0 Å². The van der Waals surface area contributed by atoms with Gasteiger partial charge in [-0.05, 0) is 18.9 Å². The number of aromatic carboxylic acids is 1. The SMILES string of the molecule is CCCOCCCNS(=O)(=O)c1csc(C(=O)O)c1. The Bertz CT molecular complexity index is 509. The minimum absolute atomic E-state index is 0.00616. The average molecular weight is 307 g/mol. The predicted octanol–water partition coefficient (Wildman–Crippen LogP) is 1.54. The van der Waals surface area contributed by atoms with Gasteiger partial charge in [0.1, 0.15) is 4.88 Å². The largest absolute Gasteiger partial charge is 0.477 e. The molecule has 0 radical (unpaired) electrons. The molecule has 108 valence electrons. The average Bonchev–Trinajstić information content (AvgIpc) is 2.84. The first-order chi connectivity index (χ1) is 8.97. The number of nitrogens with one attached hydrogen (secondary N) is 1. The predicted molar refractivity (Wildman–Crippen MR) is 72.2 cm³/mol. The van der Waals surface area contributed by atoms with E-state index in [0.29, 0.717) is 19.6 Å². The van der Waals surface area contributed by atoms with Crippen molar-refractivity contribution in [2.45, 2.75) is 24.7 Å². The molecule has 6 nitrogen and oxygen atoms in total. The summed E-state index contributed by atoms with van der Waals surface area (Å²) in [5.74, 6) is -1.13. The van der Waals surface area contributed by atoms with E-state index in [2.05, 4.69) is 4.72 Å². The molecule has 1 aromatic heterocycles. The van der Waals surface area contributed by atoms with Gasteiger partial charge in [0.25, 0.3) is 0 Å². The van der Waals surface area contributed by atoms with Crippen molar-refractivity contribution in [1.82, 2.24) is 4.72 Å². The van der Waals surface area contributed by atoms with Gasteiger partial charge in [0.2, 0.25) is 10.0 Å². The van der Waals surface area contributed by atoms with Gasteiger partial charge >= 0.3 is 5.97 Å². The molecule has 8 heteroatoms. The Kier molecular flexibility index (Phi) is 6.43. The molecule has 0 aromatic carbocycles. The van der Waals surface area contributed by atoms with Crippen LogP contribution in [0.15, 0.2) is 16.3 Å². The van der Waals surface area contributed by atoms with Crippen LogP contribution in [0.2, 0.25) is 0 Å². The highest BCUT2D eigenvalue weighted by atomic mass is 32.2. The molecule has 1 heterocycles. The van der Waals surface area contributed by atoms with Gasteiger partial charge in [0.05, 0.1) is 4.90 Å². The van der Waals surface area contributed by atoms with Crippen LogP contribution in [0.4, 0.5) is 0 Å². The van der Waals surface area contributed by atoms with Crippen molar-refractivity contribution in [2.75, 3.05) is 19.8 Å². The number of hydrogen-bond acceptors (Lipinski definition) is 5. The van der Waals surface area contributed by atoms with Gasteiger partial charge in [0, 0.05) is 25.1 Å². The van der Waals surface area contributed by atoms with Gasteiger partial charge in [-0.3, -0.25) is 0 Å². The third-order valence-corrected chi connectivity index (χ3v) is 4.71. The summed E-state index contributed by atoms with van der Waals surface area (Å²) in [6, 6.07) is 1.16. The Labute approximate surface area is 116 Å². The monoisotopic (exact) mass is 307 g/mol. The molecule has 0 atom stereocenters. The van der Waals surface area contributed by atoms with Crippen LogP contribution < -0.4 is 4.72 Å². The van der Waals surface area contributed by atoms with Crippen LogP contribution in [0.1, 0.15) is 29.4 Å². The van der Waals surface area contributed by atoms with Crippen molar-refractivity contribution < 1.29 is 23.1 Å². The second-order valence-corrected chi connectivity index (χ2v) is 6.49. The first-order valence-corrected chi connectivity index (χ1v) is 8.23. The van der Waals surface area contributed by atoms with E-state index in [1.54, 1.807) is 0 Å². The number of carboxylic acid groups (broad SMARTS) is 1. The smallest absolute Gasteiger partial charge is 0.345 e. The molecular formula is C11H17NO5S2. The molecule has 0 bridgehead atoms. The maximum absolute atomic E-state index is 11.8. The summed E-state index contributed by atoms with van der Waals surface area (Å²) in [4.78, 5) is 10.7. The van der Waals surface area contributed by atoms with Crippen LogP contribution in [0.3, 0.4) is 0 Å². The zero-order valence-electron chi connectivity index (χ0n) is 10.6. The van der Waals surface area contributed by atoms with E-state index in [9.17, 15) is 13.2 Å². The van der Waals surface area contributed by atoms with E-state index < -0.39 is 16.0 Å². The van der Waals surface area contributed by atoms with Crippen LogP contribution in [0.25, 0.3) is 0 Å². The van der Waals surface area contributed by atoms with E-state index >= 15 is 0 Å². The van der Waals surface area contributed by atoms with E-state index in [4.69, 9.17) is 9.84 Å². The molecule has 0 aliphatic heterocycles. The van der Waals surface area contributed by atoms with Crippen molar-refractivity contribution in [3.63, 3.8) is 0 Å². The minimum atomic E-state index is -3.62. The maximum Gasteiger partial charge on any atom is 0.345 e. The van der Waals surface area contributed by atoms with E-state index in [-0.39, 0.29) is 16.3 Å². The summed E-state index contributed by atoms with van der Waals surface area (Å²) < 4.78 is 31.3. The number of sulfonamides is 1. The molecule has 1 rings (SSSR count). The van der Waals surface area contributed by atoms with Gasteiger partial charge in [-0.2, -0.15) is 0 Å². The lowest BCUT2D eigenvalue weighted by Crippen LogP contribution is -2.25. The van der Waals surface area contributed by atoms with Crippen LogP contribution >= 0.6 is 11.3 Å². The second kappa shape index (κ2) is 7.59. The van der Waals surface area contributed by atoms with E-state index in [1.165, 1.54) is 5.38 Å². The molecule has 0 aliphatic carbocycles. The second-order valence-electron chi connectivity index (χ2n) is 3.82. The molecule has 2 N–H and O–H groups in total. The molecule has 0 amide bonds.